The van der Waals surface area contributed by atoms with Gasteiger partial charge >= 0.3 is 0 Å². The maximum absolute atomic E-state index is 6.18. The van der Waals surface area contributed by atoms with Crippen molar-refractivity contribution in [2.45, 2.75) is 0 Å². The lowest BCUT2D eigenvalue weighted by Gasteiger charge is -2.24. The summed E-state index contributed by atoms with van der Waals surface area (Å²) in [5.74, 6) is 0.826. The molecule has 1 aliphatic rings. The first-order valence-electron chi connectivity index (χ1n) is 5.22. The van der Waals surface area contributed by atoms with E-state index in [2.05, 4.69) is 15.9 Å². The molecule has 1 heterocycles. The molecule has 2 nitrogen and oxygen atoms in total. The Balaban J connectivity index is 2.27. The van der Waals surface area contributed by atoms with Gasteiger partial charge in [0.2, 0.25) is 0 Å². The number of benzene rings is 2. The van der Waals surface area contributed by atoms with Crippen molar-refractivity contribution in [3.63, 3.8) is 0 Å². The van der Waals surface area contributed by atoms with Crippen LogP contribution in [0.15, 0.2) is 10.5 Å². The first-order chi connectivity index (χ1) is 9.82. The van der Waals surface area contributed by atoms with E-state index in [1.807, 2.05) is 0 Å². The topological polar surface area (TPSA) is 18.5 Å². The summed E-state index contributed by atoms with van der Waals surface area (Å²) in [5, 5.41) is 1.03. The van der Waals surface area contributed by atoms with Crippen molar-refractivity contribution in [1.29, 1.82) is 0 Å². The fourth-order valence-electron chi connectivity index (χ4n) is 1.71. The Kier molecular flexibility index (Phi) is 4.39. The number of hydrogen-bond donors (Lipinski definition) is 0. The summed E-state index contributed by atoms with van der Waals surface area (Å²) in [5.41, 5.74) is 0. The summed E-state index contributed by atoms with van der Waals surface area (Å²) in [6.45, 7) is 0. The average Bonchev–Trinajstić information content (AvgIpc) is 2.47. The average molecular weight is 470 g/mol. The molecule has 0 saturated heterocycles. The highest BCUT2D eigenvalue weighted by Gasteiger charge is 2.31. The molecule has 0 unspecified atom stereocenters. The highest BCUT2D eigenvalue weighted by atomic mass is 79.9. The summed E-state index contributed by atoms with van der Waals surface area (Å²) >= 11 is 39.7. The second kappa shape index (κ2) is 5.72. The molecule has 0 aliphatic carbocycles. The van der Waals surface area contributed by atoms with Crippen LogP contribution in [0.5, 0.6) is 23.0 Å². The molecule has 0 saturated carbocycles. The maximum Gasteiger partial charge on any atom is 0.191 e. The Morgan fingerprint density at radius 3 is 1.90 bits per heavy atom. The minimum Gasteiger partial charge on any atom is -0.448 e. The molecule has 0 atom stereocenters. The van der Waals surface area contributed by atoms with Crippen LogP contribution in [0.3, 0.4) is 0 Å². The van der Waals surface area contributed by atoms with Gasteiger partial charge in [-0.15, -0.1) is 0 Å². The Labute approximate surface area is 157 Å². The van der Waals surface area contributed by atoms with E-state index in [0.717, 1.165) is 0 Å². The van der Waals surface area contributed by atoms with Crippen molar-refractivity contribution in [3.8, 4) is 23.0 Å². The van der Waals surface area contributed by atoms with Gasteiger partial charge in [0.05, 0.1) is 19.5 Å². The molecule has 0 radical (unpaired) electrons. The van der Waals surface area contributed by atoms with Crippen molar-refractivity contribution in [1.82, 2.24) is 0 Å². The first kappa shape index (κ1) is 16.1. The van der Waals surface area contributed by atoms with Crippen molar-refractivity contribution < 1.29 is 9.47 Å². The smallest absolute Gasteiger partial charge is 0.191 e. The van der Waals surface area contributed by atoms with E-state index in [4.69, 9.17) is 79.1 Å². The molecular formula is C12HBrCl6O2. The fraction of sp³-hybridized carbons (Fsp3) is 0. The van der Waals surface area contributed by atoms with E-state index in [1.165, 1.54) is 6.07 Å². The van der Waals surface area contributed by atoms with Crippen LogP contribution in [0.2, 0.25) is 30.1 Å². The normalized spacial score (nSPS) is 12.3. The zero-order chi connectivity index (χ0) is 15.5. The van der Waals surface area contributed by atoms with Crippen LogP contribution in [0.1, 0.15) is 0 Å². The van der Waals surface area contributed by atoms with Crippen LogP contribution in [0, 0.1) is 0 Å². The number of ether oxygens (including phenoxy) is 2. The summed E-state index contributed by atoms with van der Waals surface area (Å²) in [6, 6.07) is 1.47. The van der Waals surface area contributed by atoms with Gasteiger partial charge in [0.15, 0.2) is 23.0 Å². The van der Waals surface area contributed by atoms with Crippen LogP contribution in [0.4, 0.5) is 0 Å². The van der Waals surface area contributed by atoms with Gasteiger partial charge in [-0.05, 0) is 15.9 Å². The predicted molar refractivity (Wildman–Crippen MR) is 90.8 cm³/mol. The third-order valence-corrected chi connectivity index (χ3v) is 6.37. The third kappa shape index (κ3) is 2.47. The first-order valence-corrected chi connectivity index (χ1v) is 8.28. The van der Waals surface area contributed by atoms with Gasteiger partial charge in [-0.2, -0.15) is 0 Å². The fourth-order valence-corrected chi connectivity index (χ4v) is 3.49. The summed E-state index contributed by atoms with van der Waals surface area (Å²) < 4.78 is 11.7. The van der Waals surface area contributed by atoms with Gasteiger partial charge in [-0.1, -0.05) is 69.6 Å². The van der Waals surface area contributed by atoms with Gasteiger partial charge in [-0.3, -0.25) is 0 Å². The number of halogens is 7. The van der Waals surface area contributed by atoms with Gasteiger partial charge in [0, 0.05) is 6.07 Å². The molecule has 2 aromatic rings. The zero-order valence-corrected chi connectivity index (χ0v) is 15.7. The summed E-state index contributed by atoms with van der Waals surface area (Å²) in [4.78, 5) is 0. The van der Waals surface area contributed by atoms with Gasteiger partial charge in [0.25, 0.3) is 0 Å². The van der Waals surface area contributed by atoms with E-state index in [-0.39, 0.29) is 53.1 Å². The Bertz CT molecular complexity index is 793. The highest BCUT2D eigenvalue weighted by Crippen LogP contribution is 2.59. The standard InChI is InChI=1S/C12HBrCl6O2/c13-4-6(16)9(19)12-11(7(4)17)20-3-1-2(14)5(15)8(18)10(3)21-12/h1H. The molecule has 9 heteroatoms. The second-order valence-electron chi connectivity index (χ2n) is 3.93. The molecule has 1 aliphatic heterocycles. The highest BCUT2D eigenvalue weighted by molar-refractivity contribution is 9.10. The molecule has 0 bridgehead atoms. The largest absolute Gasteiger partial charge is 0.448 e. The molecule has 0 fully saturated rings. The lowest BCUT2D eigenvalue weighted by molar-refractivity contribution is 0.360. The minimum absolute atomic E-state index is 0.107. The molecule has 21 heavy (non-hydrogen) atoms. The van der Waals surface area contributed by atoms with E-state index in [9.17, 15) is 0 Å². The van der Waals surface area contributed by atoms with Crippen LogP contribution in [-0.2, 0) is 0 Å². The predicted octanol–water partition coefficient (Wildman–Crippen LogP) is 8.27. The van der Waals surface area contributed by atoms with E-state index < -0.39 is 0 Å². The molecular weight excluding hydrogens is 469 g/mol. The van der Waals surface area contributed by atoms with Crippen LogP contribution < -0.4 is 9.47 Å². The van der Waals surface area contributed by atoms with E-state index in [1.54, 1.807) is 0 Å². The molecule has 0 spiro atoms. The maximum atomic E-state index is 6.18. The Morgan fingerprint density at radius 2 is 1.24 bits per heavy atom. The molecule has 110 valence electrons. The Hall–Kier alpha value is 0.260. The quantitative estimate of drug-likeness (QED) is 0.244. The number of rotatable bonds is 0. The van der Waals surface area contributed by atoms with Gasteiger partial charge in [-0.25, -0.2) is 0 Å². The SMILES string of the molecule is Clc1cc2c(c(Cl)c1Cl)Oc1c(Cl)c(Cl)c(Br)c(Cl)c1O2. The van der Waals surface area contributed by atoms with E-state index in [0.29, 0.717) is 4.47 Å². The molecule has 3 rings (SSSR count). The van der Waals surface area contributed by atoms with Crippen LogP contribution in [-0.4, -0.2) is 0 Å². The van der Waals surface area contributed by atoms with Crippen LogP contribution >= 0.6 is 85.5 Å². The minimum atomic E-state index is 0.107. The lowest BCUT2D eigenvalue weighted by atomic mass is 10.2. The van der Waals surface area contributed by atoms with Crippen molar-refractivity contribution in [2.24, 2.45) is 0 Å². The third-order valence-electron chi connectivity index (χ3n) is 2.68. The zero-order valence-electron chi connectivity index (χ0n) is 9.54. The van der Waals surface area contributed by atoms with E-state index >= 15 is 0 Å². The summed E-state index contributed by atoms with van der Waals surface area (Å²) in [7, 11) is 0. The number of fused-ring (bicyclic) bond motifs is 2. The lowest BCUT2D eigenvalue weighted by Crippen LogP contribution is -2.02. The number of hydrogen-bond acceptors (Lipinski definition) is 2. The molecule has 0 aromatic heterocycles. The molecule has 2 aromatic carbocycles. The monoisotopic (exact) mass is 466 g/mol. The van der Waals surface area contributed by atoms with Gasteiger partial charge < -0.3 is 9.47 Å². The molecule has 0 amide bonds. The van der Waals surface area contributed by atoms with Crippen molar-refractivity contribution >= 4 is 85.5 Å². The van der Waals surface area contributed by atoms with Crippen LogP contribution in [0.25, 0.3) is 0 Å². The van der Waals surface area contributed by atoms with Crippen molar-refractivity contribution in [2.75, 3.05) is 0 Å². The summed E-state index contributed by atoms with van der Waals surface area (Å²) in [6.07, 6.45) is 0. The second-order valence-corrected chi connectivity index (χ2v) is 7.02. The molecule has 0 N–H and O–H groups in total. The van der Waals surface area contributed by atoms with Gasteiger partial charge in [0.1, 0.15) is 15.1 Å². The Morgan fingerprint density at radius 1 is 0.667 bits per heavy atom. The van der Waals surface area contributed by atoms with Crippen molar-refractivity contribution in [3.05, 3.63) is 40.7 Å².